The average Bonchev–Trinajstić information content (AvgIpc) is 2.86. The monoisotopic (exact) mass is 492 g/mol. The van der Waals surface area contributed by atoms with E-state index in [9.17, 15) is 28.7 Å². The number of aromatic nitrogens is 2. The van der Waals surface area contributed by atoms with Crippen molar-refractivity contribution in [2.24, 2.45) is 0 Å². The molecule has 13 nitrogen and oxygen atoms in total. The molecule has 27 heavy (non-hydrogen) atoms. The van der Waals surface area contributed by atoms with E-state index in [1.807, 2.05) is 0 Å². The standard InChI is InChI=1S/C11H15BrN2O11P2/c12-2-1-6-4-14(11(17)13-10(6)16)9-3-7(15)8(24-9)5-23-27(21,22)25-26(18,19)20/h1-2,4,7-9,15H,3,5H2,(H,21,22)(H,13,16,17)(H2,18,19,20)/b2-1+/t7-,8+,9+/m0/s1. The van der Waals surface area contributed by atoms with Crippen LogP contribution in [-0.4, -0.2) is 48.2 Å². The number of phosphoric acid groups is 2. The molecule has 0 radical (unpaired) electrons. The third kappa shape index (κ3) is 6.29. The highest BCUT2D eigenvalue weighted by Crippen LogP contribution is 2.57. The molecule has 0 saturated carbocycles. The lowest BCUT2D eigenvalue weighted by atomic mass is 10.2. The van der Waals surface area contributed by atoms with Crippen molar-refractivity contribution in [2.75, 3.05) is 6.61 Å². The summed E-state index contributed by atoms with van der Waals surface area (Å²) in [7, 11) is -10.4. The lowest BCUT2D eigenvalue weighted by Crippen LogP contribution is -2.33. The van der Waals surface area contributed by atoms with Gasteiger partial charge in [-0.05, 0) is 11.1 Å². The Labute approximate surface area is 159 Å². The number of aliphatic hydroxyl groups excluding tert-OH is 1. The molecule has 1 aromatic heterocycles. The Bertz CT molecular complexity index is 922. The minimum Gasteiger partial charge on any atom is -0.390 e. The molecular weight excluding hydrogens is 478 g/mol. The Balaban J connectivity index is 2.12. The van der Waals surface area contributed by atoms with Gasteiger partial charge in [0, 0.05) is 12.6 Å². The van der Waals surface area contributed by atoms with Crippen molar-refractivity contribution in [1.82, 2.24) is 9.55 Å². The number of hydrogen-bond acceptors (Lipinski definition) is 8. The van der Waals surface area contributed by atoms with Crippen molar-refractivity contribution in [3.8, 4) is 0 Å². The van der Waals surface area contributed by atoms with E-state index in [0.717, 1.165) is 4.57 Å². The van der Waals surface area contributed by atoms with Crippen LogP contribution in [-0.2, 0) is 22.7 Å². The van der Waals surface area contributed by atoms with Crippen LogP contribution in [0.4, 0.5) is 0 Å². The molecule has 1 aliphatic heterocycles. The van der Waals surface area contributed by atoms with Gasteiger partial charge in [-0.1, -0.05) is 15.9 Å². The molecule has 16 heteroatoms. The van der Waals surface area contributed by atoms with Crippen LogP contribution in [0.2, 0.25) is 0 Å². The van der Waals surface area contributed by atoms with Gasteiger partial charge in [0.2, 0.25) is 0 Å². The molecule has 5 N–H and O–H groups in total. The van der Waals surface area contributed by atoms with Crippen molar-refractivity contribution in [3.63, 3.8) is 0 Å². The largest absolute Gasteiger partial charge is 0.481 e. The molecule has 1 saturated heterocycles. The van der Waals surface area contributed by atoms with Gasteiger partial charge in [-0.15, -0.1) is 0 Å². The smallest absolute Gasteiger partial charge is 0.390 e. The van der Waals surface area contributed by atoms with Crippen LogP contribution in [0.1, 0.15) is 18.2 Å². The summed E-state index contributed by atoms with van der Waals surface area (Å²) in [5.41, 5.74) is -1.32. The first kappa shape index (κ1) is 22.4. The zero-order chi connectivity index (χ0) is 20.4. The van der Waals surface area contributed by atoms with Gasteiger partial charge in [0.05, 0.1) is 18.3 Å². The lowest BCUT2D eigenvalue weighted by Gasteiger charge is -2.18. The molecule has 1 fully saturated rings. The molecule has 0 aromatic carbocycles. The van der Waals surface area contributed by atoms with E-state index in [2.05, 4.69) is 29.7 Å². The zero-order valence-corrected chi connectivity index (χ0v) is 16.6. The number of hydrogen-bond donors (Lipinski definition) is 5. The van der Waals surface area contributed by atoms with Crippen LogP contribution >= 0.6 is 31.6 Å². The summed E-state index contributed by atoms with van der Waals surface area (Å²) in [6.45, 7) is -0.752. The number of H-pyrrole nitrogens is 1. The number of phosphoric ester groups is 1. The maximum atomic E-state index is 12.0. The quantitative estimate of drug-likeness (QED) is 0.315. The van der Waals surface area contributed by atoms with Crippen molar-refractivity contribution in [3.05, 3.63) is 37.6 Å². The number of rotatable bonds is 7. The van der Waals surface area contributed by atoms with Crippen molar-refractivity contribution >= 4 is 37.7 Å². The van der Waals surface area contributed by atoms with Crippen LogP contribution < -0.4 is 11.2 Å². The molecular formula is C11H15BrN2O11P2. The maximum Gasteiger partial charge on any atom is 0.481 e. The molecule has 1 unspecified atom stereocenters. The molecule has 0 bridgehead atoms. The highest BCUT2D eigenvalue weighted by Gasteiger charge is 2.39. The minimum atomic E-state index is -5.28. The first-order valence-corrected chi connectivity index (χ1v) is 11.1. The van der Waals surface area contributed by atoms with E-state index in [-0.39, 0.29) is 12.0 Å². The van der Waals surface area contributed by atoms with Crippen LogP contribution in [0.5, 0.6) is 0 Å². The zero-order valence-electron chi connectivity index (χ0n) is 13.2. The lowest BCUT2D eigenvalue weighted by molar-refractivity contribution is -0.0450. The van der Waals surface area contributed by atoms with Crippen LogP contribution in [0, 0.1) is 0 Å². The van der Waals surface area contributed by atoms with Gasteiger partial charge < -0.3 is 24.5 Å². The molecule has 2 heterocycles. The number of halogens is 1. The molecule has 4 atom stereocenters. The van der Waals surface area contributed by atoms with E-state index in [1.54, 1.807) is 0 Å². The third-order valence-corrected chi connectivity index (χ3v) is 5.78. The van der Waals surface area contributed by atoms with E-state index in [4.69, 9.17) is 14.5 Å². The van der Waals surface area contributed by atoms with Crippen molar-refractivity contribution in [2.45, 2.75) is 24.9 Å². The first-order valence-electron chi connectivity index (χ1n) is 7.12. The summed E-state index contributed by atoms with van der Waals surface area (Å²) in [6.07, 6.45) is -1.01. The van der Waals surface area contributed by atoms with E-state index in [1.165, 1.54) is 17.3 Å². The Hall–Kier alpha value is -0.920. The summed E-state index contributed by atoms with van der Waals surface area (Å²) in [4.78, 5) is 53.4. The molecule has 2 rings (SSSR count). The first-order chi connectivity index (χ1) is 12.4. The van der Waals surface area contributed by atoms with Gasteiger partial charge in [-0.2, -0.15) is 4.31 Å². The van der Waals surface area contributed by atoms with E-state index >= 15 is 0 Å². The molecule has 1 aliphatic rings. The minimum absolute atomic E-state index is 0.119. The highest BCUT2D eigenvalue weighted by molar-refractivity contribution is 9.11. The number of aromatic amines is 1. The van der Waals surface area contributed by atoms with Crippen molar-refractivity contribution < 1.29 is 42.5 Å². The predicted molar refractivity (Wildman–Crippen MR) is 92.7 cm³/mol. The number of aliphatic hydroxyl groups is 1. The fourth-order valence-corrected chi connectivity index (χ4v) is 4.15. The molecule has 0 aliphatic carbocycles. The molecule has 1 aromatic rings. The molecule has 152 valence electrons. The normalized spacial score (nSPS) is 25.7. The Morgan fingerprint density at radius 3 is 2.63 bits per heavy atom. The Morgan fingerprint density at radius 2 is 2.04 bits per heavy atom. The summed E-state index contributed by atoms with van der Waals surface area (Å²) in [5, 5.41) is 9.99. The topological polar surface area (TPSA) is 198 Å². The number of nitrogens with zero attached hydrogens (tertiary/aromatic N) is 1. The van der Waals surface area contributed by atoms with Crippen LogP contribution in [0.15, 0.2) is 20.8 Å². The summed E-state index contributed by atoms with van der Waals surface area (Å²) in [5.74, 6) is 0. The van der Waals surface area contributed by atoms with Crippen molar-refractivity contribution in [1.29, 1.82) is 0 Å². The Kier molecular flexibility index (Phi) is 7.14. The van der Waals surface area contributed by atoms with Gasteiger partial charge in [0.1, 0.15) is 12.3 Å². The summed E-state index contributed by atoms with van der Waals surface area (Å²) >= 11 is 3.00. The van der Waals surface area contributed by atoms with Crippen LogP contribution in [0.3, 0.4) is 0 Å². The fourth-order valence-electron chi connectivity index (χ4n) is 2.26. The second-order valence-corrected chi connectivity index (χ2v) is 8.67. The SMILES string of the molecule is O=c1[nH]c(=O)n([C@H]2C[C@H](O)[C@@H](COP(=O)(O)OP(=O)(O)O)O2)cc1/C=C/Br. The van der Waals surface area contributed by atoms with Crippen LogP contribution in [0.25, 0.3) is 6.08 Å². The molecule has 0 spiro atoms. The van der Waals surface area contributed by atoms with Gasteiger partial charge >= 0.3 is 21.3 Å². The molecule has 0 amide bonds. The number of ether oxygens (including phenoxy) is 1. The van der Waals surface area contributed by atoms with E-state index in [0.29, 0.717) is 0 Å². The Morgan fingerprint density at radius 1 is 1.37 bits per heavy atom. The number of nitrogens with one attached hydrogen (secondary N) is 1. The summed E-state index contributed by atoms with van der Waals surface area (Å²) in [6, 6.07) is 0. The maximum absolute atomic E-state index is 12.0. The van der Waals surface area contributed by atoms with Gasteiger partial charge in [-0.25, -0.2) is 13.9 Å². The third-order valence-electron chi connectivity index (χ3n) is 3.36. The fraction of sp³-hybridized carbons (Fsp3) is 0.455. The average molecular weight is 493 g/mol. The highest BCUT2D eigenvalue weighted by atomic mass is 79.9. The second-order valence-electron chi connectivity index (χ2n) is 5.31. The van der Waals surface area contributed by atoms with E-state index < -0.39 is 51.9 Å². The van der Waals surface area contributed by atoms with Gasteiger partial charge in [-0.3, -0.25) is 18.9 Å². The predicted octanol–water partition coefficient (Wildman–Crippen LogP) is -0.223. The van der Waals surface area contributed by atoms with Gasteiger partial charge in [0.25, 0.3) is 5.56 Å². The summed E-state index contributed by atoms with van der Waals surface area (Å²) < 4.78 is 36.4. The van der Waals surface area contributed by atoms with Gasteiger partial charge in [0.15, 0.2) is 0 Å². The second kappa shape index (κ2) is 8.62.